The molecule has 0 fully saturated rings. The van der Waals surface area contributed by atoms with E-state index in [9.17, 15) is 8.42 Å². The summed E-state index contributed by atoms with van der Waals surface area (Å²) in [4.78, 5) is 0. The molecule has 0 saturated carbocycles. The first kappa shape index (κ1) is 13.6. The molecule has 0 bridgehead atoms. The van der Waals surface area contributed by atoms with E-state index in [-0.39, 0.29) is 12.4 Å². The fourth-order valence-corrected chi connectivity index (χ4v) is 2.54. The molecule has 7 heteroatoms. The Hall–Kier alpha value is -1.86. The Kier molecular flexibility index (Phi) is 4.18. The van der Waals surface area contributed by atoms with Crippen molar-refractivity contribution >= 4 is 15.7 Å². The van der Waals surface area contributed by atoms with Crippen molar-refractivity contribution in [3.63, 3.8) is 0 Å². The number of hydrogen-bond donors (Lipinski definition) is 2. The normalized spacial score (nSPS) is 11.4. The molecule has 0 radical (unpaired) electrons. The van der Waals surface area contributed by atoms with Crippen LogP contribution in [-0.4, -0.2) is 38.1 Å². The van der Waals surface area contributed by atoms with Crippen molar-refractivity contribution in [2.45, 2.75) is 0 Å². The zero-order valence-electron chi connectivity index (χ0n) is 10.5. The average Bonchev–Trinajstić information content (AvgIpc) is 2.91. The smallest absolute Gasteiger partial charge is 0.234 e. The molecule has 0 unspecified atom stereocenters. The highest BCUT2D eigenvalue weighted by Gasteiger charge is 2.09. The van der Waals surface area contributed by atoms with Gasteiger partial charge >= 0.3 is 0 Å². The van der Waals surface area contributed by atoms with Crippen LogP contribution in [0.3, 0.4) is 0 Å². The summed E-state index contributed by atoms with van der Waals surface area (Å²) >= 11 is 0. The average molecular weight is 281 g/mol. The highest BCUT2D eigenvalue weighted by molar-refractivity contribution is 7.92. The number of rotatable bonds is 6. The number of anilines is 1. The van der Waals surface area contributed by atoms with Crippen LogP contribution in [0.4, 0.5) is 5.69 Å². The van der Waals surface area contributed by atoms with Crippen molar-refractivity contribution in [2.75, 3.05) is 24.2 Å². The Morgan fingerprint density at radius 1 is 1.26 bits per heavy atom. The van der Waals surface area contributed by atoms with Crippen LogP contribution in [0, 0.1) is 0 Å². The van der Waals surface area contributed by atoms with Crippen LogP contribution >= 0.6 is 0 Å². The van der Waals surface area contributed by atoms with Gasteiger partial charge in [0, 0.05) is 19.0 Å². The van der Waals surface area contributed by atoms with Crippen LogP contribution in [0.1, 0.15) is 0 Å². The molecule has 6 nitrogen and oxygen atoms in total. The molecule has 0 atom stereocenters. The molecule has 0 amide bonds. The highest BCUT2D eigenvalue weighted by Crippen LogP contribution is 2.19. The zero-order valence-corrected chi connectivity index (χ0v) is 11.3. The Labute approximate surface area is 111 Å². The molecule has 19 heavy (non-hydrogen) atoms. The summed E-state index contributed by atoms with van der Waals surface area (Å²) in [6, 6.07) is 8.90. The molecule has 2 N–H and O–H groups in total. The Morgan fingerprint density at radius 3 is 2.58 bits per heavy atom. The maximum Gasteiger partial charge on any atom is 0.234 e. The van der Waals surface area contributed by atoms with Crippen LogP contribution in [0.2, 0.25) is 0 Å². The largest absolute Gasteiger partial charge is 0.384 e. The van der Waals surface area contributed by atoms with E-state index in [0.29, 0.717) is 5.69 Å². The lowest BCUT2D eigenvalue weighted by molar-refractivity contribution is 0.217. The molecule has 0 saturated heterocycles. The number of sulfonamides is 1. The molecular weight excluding hydrogens is 266 g/mol. The number of methoxy groups -OCH3 is 1. The Morgan fingerprint density at radius 2 is 2.00 bits per heavy atom. The van der Waals surface area contributed by atoms with Gasteiger partial charge in [0.1, 0.15) is 0 Å². The molecular formula is C12H15N3O3S. The number of ether oxygens (including phenoxy) is 1. The SMILES string of the molecule is COCCS(=O)(=O)Nc1ccc(-c2ccn[nH]2)cc1. The fourth-order valence-electron chi connectivity index (χ4n) is 1.56. The Bertz CT molecular complexity index is 606. The summed E-state index contributed by atoms with van der Waals surface area (Å²) in [6.07, 6.45) is 1.66. The van der Waals surface area contributed by atoms with Crippen LogP contribution in [0.5, 0.6) is 0 Å². The van der Waals surface area contributed by atoms with Gasteiger partial charge in [-0.15, -0.1) is 0 Å². The quantitative estimate of drug-likeness (QED) is 0.839. The molecule has 0 aliphatic rings. The monoisotopic (exact) mass is 281 g/mol. The van der Waals surface area contributed by atoms with Crippen LogP contribution in [-0.2, 0) is 14.8 Å². The number of H-pyrrole nitrogens is 1. The number of hydrogen-bond acceptors (Lipinski definition) is 4. The van der Waals surface area contributed by atoms with Gasteiger partial charge in [0.15, 0.2) is 0 Å². The van der Waals surface area contributed by atoms with Gasteiger partial charge in [0.05, 0.1) is 18.1 Å². The van der Waals surface area contributed by atoms with E-state index in [1.165, 1.54) is 7.11 Å². The minimum absolute atomic E-state index is 0.0637. The topological polar surface area (TPSA) is 84.1 Å². The third kappa shape index (κ3) is 3.80. The van der Waals surface area contributed by atoms with Gasteiger partial charge in [-0.2, -0.15) is 5.10 Å². The van der Waals surface area contributed by atoms with Gasteiger partial charge < -0.3 is 4.74 Å². The first-order chi connectivity index (χ1) is 9.11. The minimum atomic E-state index is -3.36. The summed E-state index contributed by atoms with van der Waals surface area (Å²) in [5.41, 5.74) is 2.35. The standard InChI is InChI=1S/C12H15N3O3S/c1-18-8-9-19(16,17)15-11-4-2-10(3-5-11)12-6-7-13-14-12/h2-7,15H,8-9H2,1H3,(H,13,14). The zero-order chi connectivity index (χ0) is 13.7. The molecule has 0 aliphatic carbocycles. The highest BCUT2D eigenvalue weighted by atomic mass is 32.2. The maximum absolute atomic E-state index is 11.7. The first-order valence-corrected chi connectivity index (χ1v) is 7.35. The molecule has 2 rings (SSSR count). The summed E-state index contributed by atoms with van der Waals surface area (Å²) in [5.74, 6) is -0.0637. The van der Waals surface area contributed by atoms with E-state index in [0.717, 1.165) is 11.3 Å². The first-order valence-electron chi connectivity index (χ1n) is 5.70. The fraction of sp³-hybridized carbons (Fsp3) is 0.250. The number of aromatic amines is 1. The van der Waals surface area contributed by atoms with Crippen molar-refractivity contribution in [3.05, 3.63) is 36.5 Å². The number of benzene rings is 1. The van der Waals surface area contributed by atoms with Crippen molar-refractivity contribution in [2.24, 2.45) is 0 Å². The molecule has 1 heterocycles. The van der Waals surface area contributed by atoms with Gasteiger partial charge in [-0.05, 0) is 23.8 Å². The van der Waals surface area contributed by atoms with Crippen LogP contribution in [0.25, 0.3) is 11.3 Å². The van der Waals surface area contributed by atoms with Crippen molar-refractivity contribution in [1.29, 1.82) is 0 Å². The molecule has 1 aromatic carbocycles. The van der Waals surface area contributed by atoms with Crippen LogP contribution in [0.15, 0.2) is 36.5 Å². The lowest BCUT2D eigenvalue weighted by atomic mass is 10.1. The van der Waals surface area contributed by atoms with Gasteiger partial charge in [0.25, 0.3) is 0 Å². The summed E-state index contributed by atoms with van der Waals surface area (Å²) in [7, 11) is -1.89. The molecule has 0 aliphatic heterocycles. The van der Waals surface area contributed by atoms with E-state index in [4.69, 9.17) is 4.74 Å². The van der Waals surface area contributed by atoms with E-state index in [1.54, 1.807) is 18.3 Å². The predicted octanol–water partition coefficient (Wildman–Crippen LogP) is 1.46. The van der Waals surface area contributed by atoms with Gasteiger partial charge in [-0.25, -0.2) is 8.42 Å². The lowest BCUT2D eigenvalue weighted by Crippen LogP contribution is -2.19. The second-order valence-corrected chi connectivity index (χ2v) is 5.80. The van der Waals surface area contributed by atoms with Gasteiger partial charge in [-0.3, -0.25) is 9.82 Å². The van der Waals surface area contributed by atoms with Gasteiger partial charge in [0.2, 0.25) is 10.0 Å². The second kappa shape index (κ2) is 5.85. The summed E-state index contributed by atoms with van der Waals surface area (Å²) in [5, 5.41) is 6.71. The minimum Gasteiger partial charge on any atom is -0.384 e. The molecule has 1 aromatic heterocycles. The van der Waals surface area contributed by atoms with E-state index in [2.05, 4.69) is 14.9 Å². The van der Waals surface area contributed by atoms with E-state index < -0.39 is 10.0 Å². The lowest BCUT2D eigenvalue weighted by Gasteiger charge is -2.08. The maximum atomic E-state index is 11.7. The third-order valence-corrected chi connectivity index (χ3v) is 3.78. The second-order valence-electron chi connectivity index (χ2n) is 3.96. The molecule has 0 spiro atoms. The number of aromatic nitrogens is 2. The van der Waals surface area contributed by atoms with E-state index >= 15 is 0 Å². The van der Waals surface area contributed by atoms with Crippen molar-refractivity contribution in [1.82, 2.24) is 10.2 Å². The Balaban J connectivity index is 2.07. The molecule has 2 aromatic rings. The summed E-state index contributed by atoms with van der Waals surface area (Å²) < 4.78 is 30.6. The predicted molar refractivity (Wildman–Crippen MR) is 73.3 cm³/mol. The molecule has 102 valence electrons. The summed E-state index contributed by atoms with van der Waals surface area (Å²) in [6.45, 7) is 0.168. The van der Waals surface area contributed by atoms with Gasteiger partial charge in [-0.1, -0.05) is 12.1 Å². The van der Waals surface area contributed by atoms with Crippen LogP contribution < -0.4 is 4.72 Å². The number of nitrogens with one attached hydrogen (secondary N) is 2. The number of nitrogens with zero attached hydrogens (tertiary/aromatic N) is 1. The third-order valence-electron chi connectivity index (χ3n) is 2.53. The van der Waals surface area contributed by atoms with Crippen molar-refractivity contribution < 1.29 is 13.2 Å². The van der Waals surface area contributed by atoms with Crippen molar-refractivity contribution in [3.8, 4) is 11.3 Å². The van der Waals surface area contributed by atoms with E-state index in [1.807, 2.05) is 18.2 Å².